The van der Waals surface area contributed by atoms with Crippen LogP contribution in [0.5, 0.6) is 0 Å². The molecule has 0 aliphatic heterocycles. The average molecular weight is 238 g/mol. The van der Waals surface area contributed by atoms with Gasteiger partial charge in [0.05, 0.1) is 0 Å². The van der Waals surface area contributed by atoms with Crippen molar-refractivity contribution in [2.24, 2.45) is 5.41 Å². The minimum atomic E-state index is 0. The second kappa shape index (κ2) is 9.27. The summed E-state index contributed by atoms with van der Waals surface area (Å²) in [5, 5.41) is 0. The summed E-state index contributed by atoms with van der Waals surface area (Å²) in [6.07, 6.45) is 3.85. The van der Waals surface area contributed by atoms with Crippen molar-refractivity contribution in [1.29, 1.82) is 0 Å². The van der Waals surface area contributed by atoms with E-state index >= 15 is 0 Å². The minimum Gasteiger partial charge on any atom is -0.0776 e. The lowest BCUT2D eigenvalue weighted by molar-refractivity contribution is 0.332. The van der Waals surface area contributed by atoms with Gasteiger partial charge in [0.1, 0.15) is 0 Å². The van der Waals surface area contributed by atoms with Gasteiger partial charge in [0.2, 0.25) is 0 Å². The molecule has 17 heavy (non-hydrogen) atoms. The molecule has 0 saturated heterocycles. The first-order valence-corrected chi connectivity index (χ1v) is 5.80. The molecule has 0 saturated carbocycles. The van der Waals surface area contributed by atoms with Gasteiger partial charge in [-0.2, -0.15) is 0 Å². The second-order valence-electron chi connectivity index (χ2n) is 4.29. The highest BCUT2D eigenvalue weighted by atomic mass is 14.3. The fourth-order valence-electron chi connectivity index (χ4n) is 2.13. The van der Waals surface area contributed by atoms with Gasteiger partial charge in [0, 0.05) is 0 Å². The average Bonchev–Trinajstić information content (AvgIpc) is 2.58. The molecule has 0 unspecified atom stereocenters. The third-order valence-electron chi connectivity index (χ3n) is 3.21. The van der Waals surface area contributed by atoms with Crippen molar-refractivity contribution in [2.75, 3.05) is 0 Å². The van der Waals surface area contributed by atoms with Gasteiger partial charge in [-0.3, -0.25) is 0 Å². The monoisotopic (exact) mass is 238 g/mol. The van der Waals surface area contributed by atoms with Crippen molar-refractivity contribution in [3.63, 3.8) is 0 Å². The lowest BCUT2D eigenvalue weighted by Gasteiger charge is -2.20. The fourth-order valence-corrected chi connectivity index (χ4v) is 2.13. The Kier molecular flexibility index (Phi) is 11.7. The third kappa shape index (κ3) is 4.93. The maximum Gasteiger partial charge on any atom is -0.0219 e. The Morgan fingerprint density at radius 2 is 1.29 bits per heavy atom. The SMILES string of the molecule is C.C.C.CC.CCC1(C)Cc2ccccc2C1. The zero-order valence-electron chi connectivity index (χ0n) is 9.93. The molecule has 0 heteroatoms. The van der Waals surface area contributed by atoms with Crippen LogP contribution < -0.4 is 0 Å². The zero-order valence-corrected chi connectivity index (χ0v) is 9.93. The summed E-state index contributed by atoms with van der Waals surface area (Å²) in [5.41, 5.74) is 3.69. The maximum absolute atomic E-state index is 2.40. The molecule has 2 rings (SSSR count). The van der Waals surface area contributed by atoms with Crippen LogP contribution in [0.25, 0.3) is 0 Å². The highest BCUT2D eigenvalue weighted by molar-refractivity contribution is 5.33. The first kappa shape index (κ1) is 21.5. The van der Waals surface area contributed by atoms with E-state index in [1.165, 1.54) is 19.3 Å². The highest BCUT2D eigenvalue weighted by Gasteiger charge is 2.30. The topological polar surface area (TPSA) is 0 Å². The Hall–Kier alpha value is -0.780. The van der Waals surface area contributed by atoms with Gasteiger partial charge < -0.3 is 0 Å². The molecule has 0 fully saturated rings. The molecule has 0 spiro atoms. The molecule has 0 heterocycles. The molecule has 0 aromatic heterocycles. The molecule has 0 N–H and O–H groups in total. The normalized spacial score (nSPS) is 13.9. The molecule has 1 aromatic rings. The Morgan fingerprint density at radius 1 is 0.941 bits per heavy atom. The summed E-state index contributed by atoms with van der Waals surface area (Å²) in [7, 11) is 0. The summed E-state index contributed by atoms with van der Waals surface area (Å²) in [4.78, 5) is 0. The first-order chi connectivity index (χ1) is 6.73. The predicted octanol–water partition coefficient (Wildman–Crippen LogP) is 6.14. The molecule has 0 amide bonds. The molecule has 1 aliphatic carbocycles. The van der Waals surface area contributed by atoms with Crippen molar-refractivity contribution < 1.29 is 0 Å². The Labute approximate surface area is 110 Å². The Bertz CT molecular complexity index is 261. The number of hydrogen-bond donors (Lipinski definition) is 0. The lowest BCUT2D eigenvalue weighted by atomic mass is 9.85. The molecule has 102 valence electrons. The molecule has 1 aromatic carbocycles. The van der Waals surface area contributed by atoms with E-state index in [9.17, 15) is 0 Å². The Balaban J connectivity index is -0.000000373. The van der Waals surface area contributed by atoms with Crippen molar-refractivity contribution in [3.8, 4) is 0 Å². The van der Waals surface area contributed by atoms with Gasteiger partial charge >= 0.3 is 0 Å². The Morgan fingerprint density at radius 3 is 1.59 bits per heavy atom. The quantitative estimate of drug-likeness (QED) is 0.551. The second-order valence-corrected chi connectivity index (χ2v) is 4.29. The fraction of sp³-hybridized carbons (Fsp3) is 0.647. The standard InChI is InChI=1S/C12H16.C2H6.3CH4/c1-3-12(2)8-10-6-4-5-7-11(10)9-12;1-2;;;/h4-7H,3,8-9H2,1-2H3;1-2H3;3*1H4. The van der Waals surface area contributed by atoms with E-state index in [1.54, 1.807) is 11.1 Å². The van der Waals surface area contributed by atoms with Gasteiger partial charge in [-0.15, -0.1) is 0 Å². The van der Waals surface area contributed by atoms with E-state index in [2.05, 4.69) is 38.1 Å². The van der Waals surface area contributed by atoms with E-state index in [4.69, 9.17) is 0 Å². The molecular formula is C17H34. The number of hydrogen-bond acceptors (Lipinski definition) is 0. The molecule has 1 aliphatic rings. The summed E-state index contributed by atoms with van der Waals surface area (Å²) in [5.74, 6) is 0. The zero-order chi connectivity index (χ0) is 10.6. The van der Waals surface area contributed by atoms with Gasteiger partial charge in [0.15, 0.2) is 0 Å². The molecular weight excluding hydrogens is 204 g/mol. The van der Waals surface area contributed by atoms with Crippen LogP contribution in [0.1, 0.15) is 67.5 Å². The van der Waals surface area contributed by atoms with E-state index in [1.807, 2.05) is 13.8 Å². The lowest BCUT2D eigenvalue weighted by Crippen LogP contribution is -2.14. The van der Waals surface area contributed by atoms with E-state index in [0.29, 0.717) is 5.41 Å². The van der Waals surface area contributed by atoms with E-state index in [-0.39, 0.29) is 22.3 Å². The van der Waals surface area contributed by atoms with Gasteiger partial charge in [-0.25, -0.2) is 0 Å². The van der Waals surface area contributed by atoms with Crippen LogP contribution in [0, 0.1) is 5.41 Å². The van der Waals surface area contributed by atoms with Crippen LogP contribution >= 0.6 is 0 Å². The summed E-state index contributed by atoms with van der Waals surface area (Å²) in [6.45, 7) is 8.69. The first-order valence-electron chi connectivity index (χ1n) is 5.80. The summed E-state index contributed by atoms with van der Waals surface area (Å²) in [6, 6.07) is 8.85. The van der Waals surface area contributed by atoms with Gasteiger partial charge in [-0.05, 0) is 29.4 Å². The van der Waals surface area contributed by atoms with Crippen LogP contribution in [0.15, 0.2) is 24.3 Å². The van der Waals surface area contributed by atoms with Crippen molar-refractivity contribution in [1.82, 2.24) is 0 Å². The summed E-state index contributed by atoms with van der Waals surface area (Å²) >= 11 is 0. The van der Waals surface area contributed by atoms with E-state index < -0.39 is 0 Å². The van der Waals surface area contributed by atoms with Gasteiger partial charge in [-0.1, -0.05) is 80.7 Å². The van der Waals surface area contributed by atoms with E-state index in [0.717, 1.165) is 0 Å². The molecule has 0 nitrogen and oxygen atoms in total. The van der Waals surface area contributed by atoms with Crippen molar-refractivity contribution in [2.45, 2.75) is 69.2 Å². The van der Waals surface area contributed by atoms with Crippen molar-refractivity contribution in [3.05, 3.63) is 35.4 Å². The predicted molar refractivity (Wildman–Crippen MR) is 83.8 cm³/mol. The van der Waals surface area contributed by atoms with Crippen LogP contribution in [-0.4, -0.2) is 0 Å². The molecule has 0 radical (unpaired) electrons. The van der Waals surface area contributed by atoms with Crippen LogP contribution in [0.3, 0.4) is 0 Å². The van der Waals surface area contributed by atoms with Gasteiger partial charge in [0.25, 0.3) is 0 Å². The van der Waals surface area contributed by atoms with Crippen LogP contribution in [0.4, 0.5) is 0 Å². The number of benzene rings is 1. The summed E-state index contributed by atoms with van der Waals surface area (Å²) < 4.78 is 0. The third-order valence-corrected chi connectivity index (χ3v) is 3.21. The van der Waals surface area contributed by atoms with Crippen molar-refractivity contribution >= 4 is 0 Å². The smallest absolute Gasteiger partial charge is 0.0219 e. The molecule has 0 atom stereocenters. The minimum absolute atomic E-state index is 0. The number of rotatable bonds is 1. The largest absolute Gasteiger partial charge is 0.0776 e. The maximum atomic E-state index is 2.40. The molecule has 0 bridgehead atoms. The van der Waals surface area contributed by atoms with Crippen LogP contribution in [-0.2, 0) is 12.8 Å². The highest BCUT2D eigenvalue weighted by Crippen LogP contribution is 2.38. The van der Waals surface area contributed by atoms with Crippen LogP contribution in [0.2, 0.25) is 0 Å². The number of fused-ring (bicyclic) bond motifs is 1.